The number of likely N-dealkylation sites (tertiary alicyclic amines) is 1. The molecule has 3 heterocycles. The molecule has 3 rings (SSSR count). The first-order valence-electron chi connectivity index (χ1n) is 7.99. The zero-order valence-corrected chi connectivity index (χ0v) is 13.7. The standard InChI is InChI=1S/C16H25N3OS/c1-3-4-14-16(20)19(13-5-8-18(2)9-6-13)15(17-14)12-7-10-21-11-12/h7,10-11,13-15,17H,3-6,8-9H2,1-2H3. The van der Waals surface area contributed by atoms with Crippen molar-refractivity contribution in [3.8, 4) is 0 Å². The van der Waals surface area contributed by atoms with Gasteiger partial charge < -0.3 is 9.80 Å². The van der Waals surface area contributed by atoms with E-state index in [9.17, 15) is 4.79 Å². The molecule has 0 aromatic carbocycles. The summed E-state index contributed by atoms with van der Waals surface area (Å²) in [6.45, 7) is 4.32. The van der Waals surface area contributed by atoms with Crippen molar-refractivity contribution in [1.82, 2.24) is 15.1 Å². The third-order valence-electron chi connectivity index (χ3n) is 4.71. The second-order valence-electron chi connectivity index (χ2n) is 6.25. The highest BCUT2D eigenvalue weighted by atomic mass is 32.1. The number of nitrogens with zero attached hydrogens (tertiary/aromatic N) is 2. The smallest absolute Gasteiger partial charge is 0.241 e. The fourth-order valence-corrected chi connectivity index (χ4v) is 4.17. The number of piperidine rings is 1. The molecular formula is C16H25N3OS. The maximum atomic E-state index is 12.8. The molecule has 0 aliphatic carbocycles. The predicted octanol–water partition coefficient (Wildman–Crippen LogP) is 2.44. The average Bonchev–Trinajstić information content (AvgIpc) is 3.10. The summed E-state index contributed by atoms with van der Waals surface area (Å²) in [4.78, 5) is 17.3. The minimum Gasteiger partial charge on any atom is -0.318 e. The molecule has 116 valence electrons. The summed E-state index contributed by atoms with van der Waals surface area (Å²) >= 11 is 1.71. The van der Waals surface area contributed by atoms with Crippen LogP contribution in [0.4, 0.5) is 0 Å². The van der Waals surface area contributed by atoms with Gasteiger partial charge in [-0.15, -0.1) is 0 Å². The van der Waals surface area contributed by atoms with Crippen LogP contribution in [0.1, 0.15) is 44.3 Å². The van der Waals surface area contributed by atoms with Gasteiger partial charge in [0, 0.05) is 6.04 Å². The number of thiophene rings is 1. The first kappa shape index (κ1) is 15.0. The van der Waals surface area contributed by atoms with E-state index in [0.717, 1.165) is 38.8 Å². The van der Waals surface area contributed by atoms with Crippen molar-refractivity contribution in [3.05, 3.63) is 22.4 Å². The summed E-state index contributed by atoms with van der Waals surface area (Å²) in [5.41, 5.74) is 1.24. The van der Waals surface area contributed by atoms with E-state index in [1.807, 2.05) is 0 Å². The van der Waals surface area contributed by atoms with Crippen LogP contribution in [-0.4, -0.2) is 47.9 Å². The van der Waals surface area contributed by atoms with Gasteiger partial charge in [0.15, 0.2) is 0 Å². The normalized spacial score (nSPS) is 28.5. The largest absolute Gasteiger partial charge is 0.318 e. The Kier molecular flexibility index (Phi) is 4.62. The number of carbonyl (C=O) groups excluding carboxylic acids is 1. The zero-order chi connectivity index (χ0) is 14.8. The third kappa shape index (κ3) is 3.00. The van der Waals surface area contributed by atoms with E-state index >= 15 is 0 Å². The Labute approximate surface area is 131 Å². The van der Waals surface area contributed by atoms with Crippen molar-refractivity contribution in [3.63, 3.8) is 0 Å². The highest BCUT2D eigenvalue weighted by Gasteiger charge is 2.43. The third-order valence-corrected chi connectivity index (χ3v) is 5.41. The number of hydrogen-bond acceptors (Lipinski definition) is 4. The number of carbonyl (C=O) groups is 1. The van der Waals surface area contributed by atoms with Gasteiger partial charge in [-0.3, -0.25) is 10.1 Å². The summed E-state index contributed by atoms with van der Waals surface area (Å²) in [5.74, 6) is 0.308. The lowest BCUT2D eigenvalue weighted by molar-refractivity contribution is -0.133. The van der Waals surface area contributed by atoms with Crippen LogP contribution in [0.5, 0.6) is 0 Å². The minimum atomic E-state index is -0.000411. The van der Waals surface area contributed by atoms with E-state index in [1.165, 1.54) is 5.56 Å². The van der Waals surface area contributed by atoms with Gasteiger partial charge >= 0.3 is 0 Å². The van der Waals surface area contributed by atoms with Gasteiger partial charge in [0.2, 0.25) is 5.91 Å². The van der Waals surface area contributed by atoms with Gasteiger partial charge in [-0.05, 0) is 61.8 Å². The molecule has 0 saturated carbocycles. The molecule has 2 aliphatic heterocycles. The topological polar surface area (TPSA) is 35.6 Å². The summed E-state index contributed by atoms with van der Waals surface area (Å²) in [7, 11) is 2.16. The van der Waals surface area contributed by atoms with Crippen LogP contribution in [0.3, 0.4) is 0 Å². The van der Waals surface area contributed by atoms with E-state index in [1.54, 1.807) is 11.3 Å². The molecule has 1 N–H and O–H groups in total. The molecular weight excluding hydrogens is 282 g/mol. The molecule has 0 bridgehead atoms. The molecule has 2 fully saturated rings. The Morgan fingerprint density at radius 1 is 1.38 bits per heavy atom. The molecule has 1 amide bonds. The molecule has 4 nitrogen and oxygen atoms in total. The molecule has 2 aliphatic rings. The number of hydrogen-bond donors (Lipinski definition) is 1. The lowest BCUT2D eigenvalue weighted by Gasteiger charge is -2.37. The van der Waals surface area contributed by atoms with Crippen molar-refractivity contribution in [1.29, 1.82) is 0 Å². The van der Waals surface area contributed by atoms with Gasteiger partial charge in [-0.1, -0.05) is 13.3 Å². The summed E-state index contributed by atoms with van der Waals surface area (Å²) in [6, 6.07) is 2.53. The lowest BCUT2D eigenvalue weighted by atomic mass is 10.0. The average molecular weight is 307 g/mol. The number of amides is 1. The molecule has 2 atom stereocenters. The second kappa shape index (κ2) is 6.46. The summed E-state index contributed by atoms with van der Waals surface area (Å²) < 4.78 is 0. The molecule has 2 unspecified atom stereocenters. The Bertz CT molecular complexity index is 468. The highest BCUT2D eigenvalue weighted by molar-refractivity contribution is 7.07. The predicted molar refractivity (Wildman–Crippen MR) is 86.3 cm³/mol. The van der Waals surface area contributed by atoms with Crippen molar-refractivity contribution in [2.75, 3.05) is 20.1 Å². The van der Waals surface area contributed by atoms with E-state index < -0.39 is 0 Å². The van der Waals surface area contributed by atoms with Crippen LogP contribution in [0.2, 0.25) is 0 Å². The van der Waals surface area contributed by atoms with Gasteiger partial charge in [-0.25, -0.2) is 0 Å². The van der Waals surface area contributed by atoms with Gasteiger partial charge in [0.05, 0.1) is 6.04 Å². The highest BCUT2D eigenvalue weighted by Crippen LogP contribution is 2.33. The molecule has 2 saturated heterocycles. The van der Waals surface area contributed by atoms with Crippen LogP contribution in [0.15, 0.2) is 16.8 Å². The number of nitrogens with one attached hydrogen (secondary N) is 1. The van der Waals surface area contributed by atoms with Gasteiger partial charge in [0.1, 0.15) is 6.17 Å². The fourth-order valence-electron chi connectivity index (χ4n) is 3.50. The number of rotatable bonds is 4. The van der Waals surface area contributed by atoms with E-state index in [-0.39, 0.29) is 12.2 Å². The van der Waals surface area contributed by atoms with Crippen molar-refractivity contribution >= 4 is 17.2 Å². The minimum absolute atomic E-state index is 0.000411. The Morgan fingerprint density at radius 2 is 2.14 bits per heavy atom. The molecule has 21 heavy (non-hydrogen) atoms. The monoisotopic (exact) mass is 307 g/mol. The molecule has 0 spiro atoms. The fraction of sp³-hybridized carbons (Fsp3) is 0.688. The van der Waals surface area contributed by atoms with E-state index in [2.05, 4.69) is 45.9 Å². The molecule has 1 aromatic rings. The lowest BCUT2D eigenvalue weighted by Crippen LogP contribution is -2.46. The van der Waals surface area contributed by atoms with Crippen LogP contribution in [0, 0.1) is 0 Å². The van der Waals surface area contributed by atoms with Crippen LogP contribution >= 0.6 is 11.3 Å². The van der Waals surface area contributed by atoms with E-state index in [0.29, 0.717) is 11.9 Å². The molecule has 1 aromatic heterocycles. The van der Waals surface area contributed by atoms with Crippen molar-refractivity contribution < 1.29 is 4.79 Å². The van der Waals surface area contributed by atoms with Crippen LogP contribution < -0.4 is 5.32 Å². The summed E-state index contributed by atoms with van der Waals surface area (Å²) in [6.07, 6.45) is 4.23. The van der Waals surface area contributed by atoms with Crippen LogP contribution in [-0.2, 0) is 4.79 Å². The van der Waals surface area contributed by atoms with Crippen LogP contribution in [0.25, 0.3) is 0 Å². The zero-order valence-electron chi connectivity index (χ0n) is 12.9. The molecule has 0 radical (unpaired) electrons. The second-order valence-corrected chi connectivity index (χ2v) is 7.03. The molecule has 5 heteroatoms. The van der Waals surface area contributed by atoms with Crippen molar-refractivity contribution in [2.45, 2.75) is 50.9 Å². The van der Waals surface area contributed by atoms with Crippen molar-refractivity contribution in [2.24, 2.45) is 0 Å². The Morgan fingerprint density at radius 3 is 2.76 bits per heavy atom. The first-order valence-corrected chi connectivity index (χ1v) is 8.94. The maximum absolute atomic E-state index is 12.8. The quantitative estimate of drug-likeness (QED) is 0.928. The van der Waals surface area contributed by atoms with Gasteiger partial charge in [-0.2, -0.15) is 11.3 Å². The Hall–Kier alpha value is -0.910. The van der Waals surface area contributed by atoms with Gasteiger partial charge in [0.25, 0.3) is 0 Å². The van der Waals surface area contributed by atoms with E-state index in [4.69, 9.17) is 0 Å². The maximum Gasteiger partial charge on any atom is 0.241 e. The first-order chi connectivity index (χ1) is 10.2. The SMILES string of the molecule is CCCC1NC(c2ccsc2)N(C2CCN(C)CC2)C1=O. The summed E-state index contributed by atoms with van der Waals surface area (Å²) in [5, 5.41) is 7.84. The Balaban J connectivity index is 1.81.